The topological polar surface area (TPSA) is 106 Å². The van der Waals surface area contributed by atoms with Crippen molar-refractivity contribution in [2.24, 2.45) is 0 Å². The Balaban J connectivity index is 1.40. The molecule has 8 heteroatoms. The van der Waals surface area contributed by atoms with Crippen LogP contribution < -0.4 is 14.8 Å². The second kappa shape index (κ2) is 8.66. The van der Waals surface area contributed by atoms with Crippen LogP contribution in [0.1, 0.15) is 29.0 Å². The highest BCUT2D eigenvalue weighted by atomic mass is 16.7. The number of aromatic nitrogens is 1. The minimum Gasteiger partial charge on any atom is -0.454 e. The standard InChI is InChI=1S/C25H21N3O5/c29-25(27-13-16-8-9-23-24(10-16)33-15-32-23)12-20(17-4-3-5-18(11-17)28(30)31)21-14-26-22-7-2-1-6-19(21)22/h1-11,14,20,26H,12-13,15H2,(H,27,29). The third-order valence-corrected chi connectivity index (χ3v) is 5.80. The summed E-state index contributed by atoms with van der Waals surface area (Å²) in [4.78, 5) is 27.1. The van der Waals surface area contributed by atoms with Crippen molar-refractivity contribution in [3.8, 4) is 11.5 Å². The van der Waals surface area contributed by atoms with Gasteiger partial charge in [-0.3, -0.25) is 14.9 Å². The summed E-state index contributed by atoms with van der Waals surface area (Å²) in [6, 6.07) is 19.8. The number of nitrogens with zero attached hydrogens (tertiary/aromatic N) is 1. The summed E-state index contributed by atoms with van der Waals surface area (Å²) in [5.74, 6) is 0.845. The molecule has 166 valence electrons. The summed E-state index contributed by atoms with van der Waals surface area (Å²) in [6.45, 7) is 0.533. The third kappa shape index (κ3) is 4.23. The maximum absolute atomic E-state index is 13.0. The second-order valence-corrected chi connectivity index (χ2v) is 7.86. The van der Waals surface area contributed by atoms with E-state index in [-0.39, 0.29) is 30.7 Å². The summed E-state index contributed by atoms with van der Waals surface area (Å²) < 4.78 is 10.7. The van der Waals surface area contributed by atoms with Crippen LogP contribution in [0.15, 0.2) is 72.9 Å². The zero-order valence-corrected chi connectivity index (χ0v) is 17.6. The predicted octanol–water partition coefficient (Wildman–Crippen LogP) is 4.64. The number of rotatable bonds is 7. The smallest absolute Gasteiger partial charge is 0.269 e. The fourth-order valence-electron chi connectivity index (χ4n) is 4.15. The fourth-order valence-corrected chi connectivity index (χ4v) is 4.15. The maximum Gasteiger partial charge on any atom is 0.269 e. The number of ether oxygens (including phenoxy) is 2. The van der Waals surface area contributed by atoms with Gasteiger partial charge in [-0.25, -0.2) is 0 Å². The number of carbonyl (C=O) groups excluding carboxylic acids is 1. The van der Waals surface area contributed by atoms with Crippen molar-refractivity contribution in [3.63, 3.8) is 0 Å². The molecule has 2 N–H and O–H groups in total. The number of benzene rings is 3. The number of para-hydroxylation sites is 1. The van der Waals surface area contributed by atoms with Gasteiger partial charge in [0.25, 0.3) is 5.69 Å². The quantitative estimate of drug-likeness (QED) is 0.320. The minimum atomic E-state index is -0.421. The molecular formula is C25H21N3O5. The number of fused-ring (bicyclic) bond motifs is 2. The molecule has 3 aromatic carbocycles. The van der Waals surface area contributed by atoms with Gasteiger partial charge in [0, 0.05) is 48.1 Å². The molecule has 0 aliphatic carbocycles. The van der Waals surface area contributed by atoms with E-state index in [1.54, 1.807) is 6.07 Å². The van der Waals surface area contributed by atoms with Crippen LogP contribution in [-0.4, -0.2) is 22.6 Å². The highest BCUT2D eigenvalue weighted by Gasteiger charge is 2.23. The van der Waals surface area contributed by atoms with Crippen LogP contribution in [0, 0.1) is 10.1 Å². The van der Waals surface area contributed by atoms with Crippen LogP contribution >= 0.6 is 0 Å². The largest absolute Gasteiger partial charge is 0.454 e. The first-order valence-corrected chi connectivity index (χ1v) is 10.5. The Morgan fingerprint density at radius 1 is 1.06 bits per heavy atom. The van der Waals surface area contributed by atoms with E-state index in [1.165, 1.54) is 12.1 Å². The molecule has 8 nitrogen and oxygen atoms in total. The van der Waals surface area contributed by atoms with Crippen molar-refractivity contribution in [2.75, 3.05) is 6.79 Å². The van der Waals surface area contributed by atoms with Gasteiger partial charge in [-0.05, 0) is 34.9 Å². The van der Waals surface area contributed by atoms with Gasteiger partial charge in [-0.2, -0.15) is 0 Å². The monoisotopic (exact) mass is 443 g/mol. The number of aromatic amines is 1. The molecule has 0 radical (unpaired) electrons. The molecule has 1 amide bonds. The predicted molar refractivity (Wildman–Crippen MR) is 122 cm³/mol. The molecule has 1 aliphatic heterocycles. The van der Waals surface area contributed by atoms with Crippen LogP contribution in [0.25, 0.3) is 10.9 Å². The molecule has 2 heterocycles. The van der Waals surface area contributed by atoms with Crippen LogP contribution in [0.3, 0.4) is 0 Å². The van der Waals surface area contributed by atoms with Gasteiger partial charge < -0.3 is 19.8 Å². The number of H-pyrrole nitrogens is 1. The van der Waals surface area contributed by atoms with E-state index < -0.39 is 4.92 Å². The summed E-state index contributed by atoms with van der Waals surface area (Å²) in [5.41, 5.74) is 3.48. The highest BCUT2D eigenvalue weighted by molar-refractivity contribution is 5.86. The van der Waals surface area contributed by atoms with Crippen molar-refractivity contribution in [1.82, 2.24) is 10.3 Å². The molecule has 0 bridgehead atoms. The lowest BCUT2D eigenvalue weighted by atomic mass is 9.87. The molecule has 1 aliphatic rings. The lowest BCUT2D eigenvalue weighted by Crippen LogP contribution is -2.25. The first-order chi connectivity index (χ1) is 16.1. The Kier molecular flexibility index (Phi) is 5.40. The SMILES string of the molecule is O=C(CC(c1cccc([N+](=O)[O-])c1)c1c[nH]c2ccccc12)NCc1ccc2c(c1)OCO2. The van der Waals surface area contributed by atoms with E-state index in [9.17, 15) is 14.9 Å². The summed E-state index contributed by atoms with van der Waals surface area (Å²) in [6.07, 6.45) is 2.02. The molecule has 5 rings (SSSR count). The lowest BCUT2D eigenvalue weighted by Gasteiger charge is -2.17. The van der Waals surface area contributed by atoms with E-state index in [0.717, 1.165) is 22.0 Å². The van der Waals surface area contributed by atoms with E-state index in [4.69, 9.17) is 9.47 Å². The van der Waals surface area contributed by atoms with Gasteiger partial charge in [0.2, 0.25) is 12.7 Å². The average Bonchev–Trinajstić information content (AvgIpc) is 3.48. The normalized spacial score (nSPS) is 13.1. The Labute approximate surface area is 189 Å². The van der Waals surface area contributed by atoms with E-state index in [0.29, 0.717) is 23.6 Å². The Bertz CT molecular complexity index is 1350. The van der Waals surface area contributed by atoms with Crippen LogP contribution in [0.5, 0.6) is 11.5 Å². The van der Waals surface area contributed by atoms with Crippen molar-refractivity contribution in [2.45, 2.75) is 18.9 Å². The highest BCUT2D eigenvalue weighted by Crippen LogP contribution is 2.35. The molecule has 1 unspecified atom stereocenters. The third-order valence-electron chi connectivity index (χ3n) is 5.80. The second-order valence-electron chi connectivity index (χ2n) is 7.86. The molecule has 0 saturated carbocycles. The van der Waals surface area contributed by atoms with Crippen molar-refractivity contribution in [1.29, 1.82) is 0 Å². The number of nitro benzene ring substituents is 1. The van der Waals surface area contributed by atoms with Crippen molar-refractivity contribution >= 4 is 22.5 Å². The lowest BCUT2D eigenvalue weighted by molar-refractivity contribution is -0.384. The number of hydrogen-bond donors (Lipinski definition) is 2. The molecule has 0 saturated heterocycles. The summed E-state index contributed by atoms with van der Waals surface area (Å²) in [5, 5.41) is 15.3. The zero-order chi connectivity index (χ0) is 22.8. The number of amides is 1. The number of hydrogen-bond acceptors (Lipinski definition) is 5. The Morgan fingerprint density at radius 2 is 1.91 bits per heavy atom. The summed E-state index contributed by atoms with van der Waals surface area (Å²) >= 11 is 0. The zero-order valence-electron chi connectivity index (χ0n) is 17.6. The molecular weight excluding hydrogens is 422 g/mol. The van der Waals surface area contributed by atoms with Gasteiger partial charge in [0.1, 0.15) is 0 Å². The molecule has 0 fully saturated rings. The van der Waals surface area contributed by atoms with Gasteiger partial charge in [0.15, 0.2) is 11.5 Å². The number of carbonyl (C=O) groups is 1. The molecule has 1 aromatic heterocycles. The first kappa shape index (κ1) is 20.6. The van der Waals surface area contributed by atoms with E-state index in [1.807, 2.05) is 54.7 Å². The minimum absolute atomic E-state index is 0.00175. The van der Waals surface area contributed by atoms with Gasteiger partial charge >= 0.3 is 0 Å². The van der Waals surface area contributed by atoms with Gasteiger partial charge in [-0.15, -0.1) is 0 Å². The van der Waals surface area contributed by atoms with Gasteiger partial charge in [0.05, 0.1) is 4.92 Å². The molecule has 1 atom stereocenters. The summed E-state index contributed by atoms with van der Waals surface area (Å²) in [7, 11) is 0. The molecule has 0 spiro atoms. The van der Waals surface area contributed by atoms with Crippen molar-refractivity contribution in [3.05, 3.63) is 99.7 Å². The fraction of sp³-hybridized carbons (Fsp3) is 0.160. The van der Waals surface area contributed by atoms with Crippen LogP contribution in [0.4, 0.5) is 5.69 Å². The van der Waals surface area contributed by atoms with Gasteiger partial charge in [-0.1, -0.05) is 36.4 Å². The Morgan fingerprint density at radius 3 is 2.79 bits per heavy atom. The number of nitro groups is 1. The van der Waals surface area contributed by atoms with Crippen LogP contribution in [0.2, 0.25) is 0 Å². The number of non-ortho nitro benzene ring substituents is 1. The first-order valence-electron chi connectivity index (χ1n) is 10.5. The number of nitrogens with one attached hydrogen (secondary N) is 2. The van der Waals surface area contributed by atoms with E-state index in [2.05, 4.69) is 10.3 Å². The van der Waals surface area contributed by atoms with Crippen LogP contribution in [-0.2, 0) is 11.3 Å². The van der Waals surface area contributed by atoms with Crippen molar-refractivity contribution < 1.29 is 19.2 Å². The molecule has 33 heavy (non-hydrogen) atoms. The molecule has 4 aromatic rings. The average molecular weight is 443 g/mol. The van der Waals surface area contributed by atoms with E-state index >= 15 is 0 Å². The Hall–Kier alpha value is -4.33. The maximum atomic E-state index is 13.0.